The van der Waals surface area contributed by atoms with Crippen LogP contribution in [0.15, 0.2) is 22.9 Å². The van der Waals surface area contributed by atoms with E-state index in [-0.39, 0.29) is 0 Å². The van der Waals surface area contributed by atoms with Gasteiger partial charge in [0, 0.05) is 24.2 Å². The number of H-pyrrole nitrogens is 1. The van der Waals surface area contributed by atoms with Crippen LogP contribution >= 0.6 is 15.9 Å². The number of nitrogens with one attached hydrogen (secondary N) is 2. The normalized spacial score (nSPS) is 17.2. The number of fused-ring (bicyclic) bond motifs is 1. The molecule has 0 spiro atoms. The van der Waals surface area contributed by atoms with Gasteiger partial charge in [0.05, 0.1) is 17.5 Å². The molecule has 2 heterocycles. The molecule has 1 saturated heterocycles. The maximum Gasteiger partial charge on any atom is 0.111 e. The van der Waals surface area contributed by atoms with E-state index < -0.39 is 0 Å². The molecule has 1 aliphatic rings. The summed E-state index contributed by atoms with van der Waals surface area (Å²) in [5, 5.41) is 3.52. The van der Waals surface area contributed by atoms with Crippen LogP contribution in [0.3, 0.4) is 0 Å². The number of benzene rings is 1. The zero-order valence-electron chi connectivity index (χ0n) is 10.1. The maximum atomic E-state index is 5.38. The Bertz CT molecular complexity index is 534. The molecule has 1 aliphatic heterocycles. The molecule has 96 valence electrons. The van der Waals surface area contributed by atoms with Crippen molar-refractivity contribution in [2.45, 2.75) is 12.8 Å². The van der Waals surface area contributed by atoms with Crippen molar-refractivity contribution in [3.63, 3.8) is 0 Å². The number of halogens is 1. The average molecular weight is 310 g/mol. The van der Waals surface area contributed by atoms with Gasteiger partial charge in [-0.1, -0.05) is 15.9 Å². The molecule has 0 unspecified atom stereocenters. The number of rotatable bonds is 3. The first kappa shape index (κ1) is 12.0. The van der Waals surface area contributed by atoms with Crippen LogP contribution < -0.4 is 5.32 Å². The number of hydrogen-bond acceptors (Lipinski definition) is 3. The monoisotopic (exact) mass is 309 g/mol. The minimum atomic E-state index is 0.701. The Labute approximate surface area is 114 Å². The molecule has 0 saturated carbocycles. The van der Waals surface area contributed by atoms with Crippen molar-refractivity contribution in [1.82, 2.24) is 9.97 Å². The number of imidazole rings is 1. The molecule has 0 aliphatic carbocycles. The van der Waals surface area contributed by atoms with Crippen molar-refractivity contribution >= 4 is 32.7 Å². The molecule has 4 nitrogen and oxygen atoms in total. The van der Waals surface area contributed by atoms with Crippen LogP contribution in [-0.4, -0.2) is 29.7 Å². The minimum absolute atomic E-state index is 0.701. The number of nitrogens with zero attached hydrogens (tertiary/aromatic N) is 1. The van der Waals surface area contributed by atoms with E-state index in [4.69, 9.17) is 4.74 Å². The minimum Gasteiger partial charge on any atom is -0.383 e. The molecule has 3 rings (SSSR count). The second kappa shape index (κ2) is 5.28. The summed E-state index contributed by atoms with van der Waals surface area (Å²) >= 11 is 3.53. The number of aromatic nitrogens is 2. The lowest BCUT2D eigenvalue weighted by Crippen LogP contribution is -2.22. The third kappa shape index (κ3) is 2.52. The first-order chi connectivity index (χ1) is 8.83. The Kier molecular flexibility index (Phi) is 3.52. The molecule has 0 atom stereocenters. The van der Waals surface area contributed by atoms with Gasteiger partial charge in [0.25, 0.3) is 0 Å². The van der Waals surface area contributed by atoms with Crippen LogP contribution in [0.5, 0.6) is 0 Å². The van der Waals surface area contributed by atoms with E-state index in [1.165, 1.54) is 0 Å². The van der Waals surface area contributed by atoms with Crippen molar-refractivity contribution in [3.8, 4) is 0 Å². The summed E-state index contributed by atoms with van der Waals surface area (Å²) in [7, 11) is 0. The van der Waals surface area contributed by atoms with E-state index in [1.54, 1.807) is 6.33 Å². The highest BCUT2D eigenvalue weighted by Crippen LogP contribution is 2.26. The average Bonchev–Trinajstić information content (AvgIpc) is 2.85. The van der Waals surface area contributed by atoms with E-state index in [0.717, 1.165) is 53.8 Å². The smallest absolute Gasteiger partial charge is 0.111 e. The highest BCUT2D eigenvalue weighted by atomic mass is 79.9. The SMILES string of the molecule is Brc1cc(NCC2CCOCC2)c2nc[nH]c2c1. The third-order valence-corrected chi connectivity index (χ3v) is 3.87. The largest absolute Gasteiger partial charge is 0.383 e. The fraction of sp³-hybridized carbons (Fsp3) is 0.462. The molecule has 0 bridgehead atoms. The van der Waals surface area contributed by atoms with Crippen molar-refractivity contribution in [2.75, 3.05) is 25.1 Å². The summed E-state index contributed by atoms with van der Waals surface area (Å²) in [5.74, 6) is 0.701. The summed E-state index contributed by atoms with van der Waals surface area (Å²) in [6.07, 6.45) is 4.02. The molecule has 0 radical (unpaired) electrons. The Morgan fingerprint density at radius 3 is 3.06 bits per heavy atom. The van der Waals surface area contributed by atoms with Crippen molar-refractivity contribution in [2.24, 2.45) is 5.92 Å². The van der Waals surface area contributed by atoms with Gasteiger partial charge in [0.15, 0.2) is 0 Å². The van der Waals surface area contributed by atoms with E-state index >= 15 is 0 Å². The van der Waals surface area contributed by atoms with Crippen LogP contribution in [0.2, 0.25) is 0 Å². The first-order valence-electron chi connectivity index (χ1n) is 6.27. The Hall–Kier alpha value is -1.07. The first-order valence-corrected chi connectivity index (χ1v) is 7.06. The molecule has 5 heteroatoms. The maximum absolute atomic E-state index is 5.38. The van der Waals surface area contributed by atoms with Gasteiger partial charge in [0.1, 0.15) is 5.52 Å². The van der Waals surface area contributed by atoms with Crippen LogP contribution in [0.25, 0.3) is 11.0 Å². The standard InChI is InChI=1S/C13H16BrN3O/c14-10-5-11(13-12(6-10)16-8-17-13)15-7-9-1-3-18-4-2-9/h5-6,8-9,15H,1-4,7H2,(H,16,17). The molecule has 2 aromatic rings. The van der Waals surface area contributed by atoms with E-state index in [1.807, 2.05) is 6.07 Å². The molecule has 0 amide bonds. The lowest BCUT2D eigenvalue weighted by Gasteiger charge is -2.22. The van der Waals surface area contributed by atoms with Gasteiger partial charge in [-0.25, -0.2) is 4.98 Å². The van der Waals surface area contributed by atoms with E-state index in [9.17, 15) is 0 Å². The van der Waals surface area contributed by atoms with Gasteiger partial charge in [-0.05, 0) is 30.9 Å². The fourth-order valence-electron chi connectivity index (χ4n) is 2.35. The van der Waals surface area contributed by atoms with E-state index in [2.05, 4.69) is 37.3 Å². The van der Waals surface area contributed by atoms with Crippen molar-refractivity contribution < 1.29 is 4.74 Å². The summed E-state index contributed by atoms with van der Waals surface area (Å²) in [6, 6.07) is 4.13. The van der Waals surface area contributed by atoms with Crippen LogP contribution in [-0.2, 0) is 4.74 Å². The number of hydrogen-bond donors (Lipinski definition) is 2. The van der Waals surface area contributed by atoms with Crippen LogP contribution in [0.1, 0.15) is 12.8 Å². The number of aromatic amines is 1. The van der Waals surface area contributed by atoms with E-state index in [0.29, 0.717) is 5.92 Å². The molecular formula is C13H16BrN3O. The van der Waals surface area contributed by atoms with Crippen LogP contribution in [0.4, 0.5) is 5.69 Å². The van der Waals surface area contributed by atoms with Gasteiger partial charge in [-0.15, -0.1) is 0 Å². The summed E-state index contributed by atoms with van der Waals surface area (Å²) in [4.78, 5) is 7.50. The fourth-order valence-corrected chi connectivity index (χ4v) is 2.81. The summed E-state index contributed by atoms with van der Waals surface area (Å²) in [5.41, 5.74) is 3.15. The van der Waals surface area contributed by atoms with Crippen molar-refractivity contribution in [1.29, 1.82) is 0 Å². The lowest BCUT2D eigenvalue weighted by molar-refractivity contribution is 0.0699. The highest BCUT2D eigenvalue weighted by molar-refractivity contribution is 9.10. The Morgan fingerprint density at radius 1 is 1.39 bits per heavy atom. The van der Waals surface area contributed by atoms with Gasteiger partial charge in [-0.2, -0.15) is 0 Å². The van der Waals surface area contributed by atoms with Crippen molar-refractivity contribution in [3.05, 3.63) is 22.9 Å². The van der Waals surface area contributed by atoms with Crippen LogP contribution in [0, 0.1) is 5.92 Å². The Morgan fingerprint density at radius 2 is 2.22 bits per heavy atom. The molecule has 2 N–H and O–H groups in total. The second-order valence-electron chi connectivity index (χ2n) is 4.69. The van der Waals surface area contributed by atoms with Gasteiger partial charge >= 0.3 is 0 Å². The predicted molar refractivity (Wildman–Crippen MR) is 75.8 cm³/mol. The summed E-state index contributed by atoms with van der Waals surface area (Å²) in [6.45, 7) is 2.77. The molecule has 18 heavy (non-hydrogen) atoms. The second-order valence-corrected chi connectivity index (χ2v) is 5.60. The predicted octanol–water partition coefficient (Wildman–Crippen LogP) is 3.16. The van der Waals surface area contributed by atoms with Gasteiger partial charge < -0.3 is 15.0 Å². The molecular weight excluding hydrogens is 294 g/mol. The third-order valence-electron chi connectivity index (χ3n) is 3.41. The quantitative estimate of drug-likeness (QED) is 0.915. The molecule has 1 fully saturated rings. The topological polar surface area (TPSA) is 49.9 Å². The highest BCUT2D eigenvalue weighted by Gasteiger charge is 2.14. The van der Waals surface area contributed by atoms with Gasteiger partial charge in [-0.3, -0.25) is 0 Å². The summed E-state index contributed by atoms with van der Waals surface area (Å²) < 4.78 is 6.44. The molecule has 1 aromatic carbocycles. The number of anilines is 1. The zero-order chi connectivity index (χ0) is 12.4. The zero-order valence-corrected chi connectivity index (χ0v) is 11.7. The lowest BCUT2D eigenvalue weighted by atomic mass is 10.0. The molecule has 1 aromatic heterocycles. The Balaban J connectivity index is 1.75. The number of ether oxygens (including phenoxy) is 1. The van der Waals surface area contributed by atoms with Gasteiger partial charge in [0.2, 0.25) is 0 Å².